The van der Waals surface area contributed by atoms with E-state index in [1.807, 2.05) is 6.07 Å². The van der Waals surface area contributed by atoms with E-state index in [2.05, 4.69) is 84.3 Å². The lowest BCUT2D eigenvalue weighted by Crippen LogP contribution is -2.36. The van der Waals surface area contributed by atoms with Gasteiger partial charge in [0.15, 0.2) is 0 Å². The minimum Gasteiger partial charge on any atom is -0.192 e. The van der Waals surface area contributed by atoms with Crippen molar-refractivity contribution in [2.24, 2.45) is 0 Å². The van der Waals surface area contributed by atoms with Gasteiger partial charge in [0.05, 0.1) is 0 Å². The number of pyridine rings is 1. The predicted octanol–water partition coefficient (Wildman–Crippen LogP) is 4.32. The number of para-hydroxylation sites is 1. The molecule has 0 aliphatic rings. The first-order valence-electron chi connectivity index (χ1n) is 7.03. The van der Waals surface area contributed by atoms with Crippen LogP contribution in [0.15, 0.2) is 66.7 Å². The van der Waals surface area contributed by atoms with E-state index in [1.54, 1.807) is 0 Å². The standard InChI is InChI=1S/C19H18N/c1-2-20-18(14-12-16-8-4-3-5-9-16)15-13-17-10-6-7-11-19(17)20/h3-15H,2H2,1H3/q+1/b14-12+. The summed E-state index contributed by atoms with van der Waals surface area (Å²) >= 11 is 0. The molecule has 0 fully saturated rings. The van der Waals surface area contributed by atoms with E-state index in [-0.39, 0.29) is 0 Å². The molecule has 0 saturated heterocycles. The SMILES string of the molecule is CC[n+]1c(/C=C/c2ccccc2)ccc2ccccc21. The minimum atomic E-state index is 0.968. The lowest BCUT2D eigenvalue weighted by molar-refractivity contribution is -0.669. The molecule has 0 unspecified atom stereocenters. The number of hydrogen-bond acceptors (Lipinski definition) is 0. The van der Waals surface area contributed by atoms with Gasteiger partial charge < -0.3 is 0 Å². The molecule has 1 aromatic heterocycles. The lowest BCUT2D eigenvalue weighted by Gasteiger charge is -2.02. The van der Waals surface area contributed by atoms with Crippen molar-refractivity contribution in [1.82, 2.24) is 0 Å². The van der Waals surface area contributed by atoms with E-state index in [9.17, 15) is 0 Å². The highest BCUT2D eigenvalue weighted by Gasteiger charge is 2.10. The molecule has 0 amide bonds. The van der Waals surface area contributed by atoms with Crippen molar-refractivity contribution in [3.05, 3.63) is 78.0 Å². The molecule has 1 heteroatoms. The molecule has 20 heavy (non-hydrogen) atoms. The van der Waals surface area contributed by atoms with Crippen LogP contribution in [0, 0.1) is 0 Å². The van der Waals surface area contributed by atoms with Gasteiger partial charge in [0.25, 0.3) is 0 Å². The summed E-state index contributed by atoms with van der Waals surface area (Å²) in [5, 5.41) is 1.28. The van der Waals surface area contributed by atoms with Crippen LogP contribution in [0.4, 0.5) is 0 Å². The van der Waals surface area contributed by atoms with Crippen LogP contribution in [0.2, 0.25) is 0 Å². The van der Waals surface area contributed by atoms with Crippen LogP contribution in [0.1, 0.15) is 18.2 Å². The molecule has 0 radical (unpaired) electrons. The van der Waals surface area contributed by atoms with Crippen LogP contribution in [-0.2, 0) is 6.54 Å². The van der Waals surface area contributed by atoms with Gasteiger partial charge in [-0.05, 0) is 30.7 Å². The van der Waals surface area contributed by atoms with E-state index in [4.69, 9.17) is 0 Å². The van der Waals surface area contributed by atoms with Gasteiger partial charge in [-0.25, -0.2) is 0 Å². The van der Waals surface area contributed by atoms with E-state index < -0.39 is 0 Å². The predicted molar refractivity (Wildman–Crippen MR) is 85.2 cm³/mol. The van der Waals surface area contributed by atoms with E-state index >= 15 is 0 Å². The Morgan fingerprint density at radius 3 is 2.35 bits per heavy atom. The van der Waals surface area contributed by atoms with E-state index in [0.29, 0.717) is 0 Å². The largest absolute Gasteiger partial charge is 0.212 e. The van der Waals surface area contributed by atoms with Crippen molar-refractivity contribution in [2.45, 2.75) is 13.5 Å². The first-order chi connectivity index (χ1) is 9.88. The van der Waals surface area contributed by atoms with Gasteiger partial charge in [-0.1, -0.05) is 42.5 Å². The molecule has 2 aromatic carbocycles. The van der Waals surface area contributed by atoms with Gasteiger partial charge in [-0.2, -0.15) is 4.57 Å². The number of aromatic nitrogens is 1. The third-order valence-corrected chi connectivity index (χ3v) is 3.54. The van der Waals surface area contributed by atoms with Crippen molar-refractivity contribution < 1.29 is 4.57 Å². The number of fused-ring (bicyclic) bond motifs is 1. The fourth-order valence-electron chi connectivity index (χ4n) is 2.52. The second-order valence-electron chi connectivity index (χ2n) is 4.81. The monoisotopic (exact) mass is 260 g/mol. The molecule has 0 spiro atoms. The van der Waals surface area contributed by atoms with E-state index in [1.165, 1.54) is 22.2 Å². The third kappa shape index (κ3) is 2.48. The summed E-state index contributed by atoms with van der Waals surface area (Å²) in [5.74, 6) is 0. The molecule has 1 nitrogen and oxygen atoms in total. The maximum Gasteiger partial charge on any atom is 0.212 e. The zero-order chi connectivity index (χ0) is 13.8. The third-order valence-electron chi connectivity index (χ3n) is 3.54. The van der Waals surface area contributed by atoms with Crippen molar-refractivity contribution in [2.75, 3.05) is 0 Å². The molecule has 0 aliphatic heterocycles. The van der Waals surface area contributed by atoms with Crippen LogP contribution < -0.4 is 4.57 Å². The number of rotatable bonds is 3. The summed E-state index contributed by atoms with van der Waals surface area (Å²) in [6.45, 7) is 3.15. The average molecular weight is 260 g/mol. The first kappa shape index (κ1) is 12.6. The van der Waals surface area contributed by atoms with Crippen molar-refractivity contribution in [3.63, 3.8) is 0 Å². The van der Waals surface area contributed by atoms with Gasteiger partial charge in [-0.3, -0.25) is 0 Å². The molecule has 0 saturated carbocycles. The van der Waals surface area contributed by atoms with E-state index in [0.717, 1.165) is 6.54 Å². The molecule has 1 heterocycles. The van der Waals surface area contributed by atoms with Crippen molar-refractivity contribution >= 4 is 23.1 Å². The van der Waals surface area contributed by atoms with Gasteiger partial charge in [-0.15, -0.1) is 0 Å². The molecule has 0 bridgehead atoms. The molecule has 0 aliphatic carbocycles. The Bertz CT molecular complexity index is 742. The Balaban J connectivity index is 2.05. The number of hydrogen-bond donors (Lipinski definition) is 0. The van der Waals surface area contributed by atoms with Gasteiger partial charge >= 0.3 is 0 Å². The molecule has 3 aromatic rings. The van der Waals surface area contributed by atoms with Crippen molar-refractivity contribution in [1.29, 1.82) is 0 Å². The van der Waals surface area contributed by atoms with Gasteiger partial charge in [0.1, 0.15) is 6.54 Å². The summed E-state index contributed by atoms with van der Waals surface area (Å²) in [5.41, 5.74) is 3.74. The van der Waals surface area contributed by atoms with Crippen LogP contribution in [-0.4, -0.2) is 0 Å². The molecule has 98 valence electrons. The minimum absolute atomic E-state index is 0.968. The maximum atomic E-state index is 2.34. The molecule has 0 N–H and O–H groups in total. The van der Waals surface area contributed by atoms with Gasteiger partial charge in [0.2, 0.25) is 11.2 Å². The Morgan fingerprint density at radius 2 is 1.55 bits per heavy atom. The fourth-order valence-corrected chi connectivity index (χ4v) is 2.52. The molecule has 0 atom stereocenters. The summed E-state index contributed by atoms with van der Waals surface area (Å²) < 4.78 is 2.34. The van der Waals surface area contributed by atoms with Crippen LogP contribution >= 0.6 is 0 Å². The highest BCUT2D eigenvalue weighted by atomic mass is 15.0. The Hall–Kier alpha value is -2.41. The summed E-state index contributed by atoms with van der Waals surface area (Å²) in [6, 6.07) is 23.3. The molecular formula is C19H18N+. The number of nitrogens with zero attached hydrogens (tertiary/aromatic N) is 1. The smallest absolute Gasteiger partial charge is 0.192 e. The quantitative estimate of drug-likeness (QED) is 0.618. The average Bonchev–Trinajstić information content (AvgIpc) is 2.53. The number of aryl methyl sites for hydroxylation is 1. The van der Waals surface area contributed by atoms with Crippen LogP contribution in [0.5, 0.6) is 0 Å². The molecular weight excluding hydrogens is 242 g/mol. The highest BCUT2D eigenvalue weighted by Crippen LogP contribution is 2.12. The second kappa shape index (κ2) is 5.70. The zero-order valence-electron chi connectivity index (χ0n) is 11.7. The first-order valence-corrected chi connectivity index (χ1v) is 7.03. The molecule has 3 rings (SSSR count). The fraction of sp³-hybridized carbons (Fsp3) is 0.105. The second-order valence-corrected chi connectivity index (χ2v) is 4.81. The summed E-state index contributed by atoms with van der Waals surface area (Å²) in [4.78, 5) is 0. The topological polar surface area (TPSA) is 3.88 Å². The lowest BCUT2D eigenvalue weighted by atomic mass is 10.1. The Morgan fingerprint density at radius 1 is 0.800 bits per heavy atom. The number of benzene rings is 2. The summed E-state index contributed by atoms with van der Waals surface area (Å²) in [6.07, 6.45) is 4.35. The Kier molecular flexibility index (Phi) is 3.60. The summed E-state index contributed by atoms with van der Waals surface area (Å²) in [7, 11) is 0. The highest BCUT2D eigenvalue weighted by molar-refractivity contribution is 5.77. The van der Waals surface area contributed by atoms with Crippen LogP contribution in [0.3, 0.4) is 0 Å². The normalized spacial score (nSPS) is 11.2. The zero-order valence-corrected chi connectivity index (χ0v) is 11.7. The van der Waals surface area contributed by atoms with Gasteiger partial charge in [0, 0.05) is 23.6 Å². The van der Waals surface area contributed by atoms with Crippen molar-refractivity contribution in [3.8, 4) is 0 Å². The van der Waals surface area contributed by atoms with Crippen LogP contribution in [0.25, 0.3) is 23.1 Å². The Labute approximate surface area is 119 Å². The maximum absolute atomic E-state index is 2.34.